The second-order valence-electron chi connectivity index (χ2n) is 5.70. The predicted octanol–water partition coefficient (Wildman–Crippen LogP) is 3.72. The summed E-state index contributed by atoms with van der Waals surface area (Å²) in [5.74, 6) is -0.835. The number of thiazole rings is 1. The Balaban J connectivity index is 1.88. The number of halogens is 1. The number of hydrogen-bond donors (Lipinski definition) is 1. The Morgan fingerprint density at radius 1 is 1.15 bits per heavy atom. The second kappa shape index (κ2) is 7.71. The van der Waals surface area contributed by atoms with Gasteiger partial charge in [0, 0.05) is 18.7 Å². The fourth-order valence-electron chi connectivity index (χ4n) is 2.60. The fourth-order valence-corrected chi connectivity index (χ4v) is 5.06. The molecule has 1 amide bonds. The van der Waals surface area contributed by atoms with Gasteiger partial charge in [0.2, 0.25) is 10.0 Å². The minimum atomic E-state index is -3.56. The Hall–Kier alpha value is -2.36. The van der Waals surface area contributed by atoms with Gasteiger partial charge in [-0.15, -0.1) is 0 Å². The van der Waals surface area contributed by atoms with Crippen molar-refractivity contribution in [3.05, 3.63) is 53.8 Å². The number of benzene rings is 2. The van der Waals surface area contributed by atoms with Gasteiger partial charge in [-0.3, -0.25) is 10.1 Å². The Labute approximate surface area is 160 Å². The Kier molecular flexibility index (Phi) is 5.54. The summed E-state index contributed by atoms with van der Waals surface area (Å²) in [7, 11) is -3.56. The number of nitrogens with one attached hydrogen (secondary N) is 1. The highest BCUT2D eigenvalue weighted by Gasteiger charge is 2.22. The zero-order chi connectivity index (χ0) is 19.6. The molecular weight excluding hydrogens is 389 g/mol. The molecule has 1 heterocycles. The van der Waals surface area contributed by atoms with Crippen LogP contribution >= 0.6 is 11.3 Å². The molecule has 0 aliphatic heterocycles. The van der Waals surface area contributed by atoms with Crippen molar-refractivity contribution in [2.75, 3.05) is 18.4 Å². The first-order valence-electron chi connectivity index (χ1n) is 8.32. The number of carbonyl (C=O) groups is 1. The van der Waals surface area contributed by atoms with Crippen LogP contribution in [-0.4, -0.2) is 36.7 Å². The summed E-state index contributed by atoms with van der Waals surface area (Å²) in [6.07, 6.45) is 0. The highest BCUT2D eigenvalue weighted by atomic mass is 32.2. The first-order chi connectivity index (χ1) is 12.8. The molecule has 0 saturated carbocycles. The van der Waals surface area contributed by atoms with Crippen LogP contribution in [0.1, 0.15) is 24.2 Å². The maximum Gasteiger partial charge on any atom is 0.257 e. The molecule has 0 radical (unpaired) electrons. The van der Waals surface area contributed by atoms with E-state index in [2.05, 4.69) is 10.3 Å². The third-order valence-corrected chi connectivity index (χ3v) is 7.01. The number of amides is 1. The van der Waals surface area contributed by atoms with E-state index in [1.54, 1.807) is 26.0 Å². The zero-order valence-electron chi connectivity index (χ0n) is 14.8. The number of rotatable bonds is 6. The summed E-state index contributed by atoms with van der Waals surface area (Å²) in [5.41, 5.74) is 0.897. The molecule has 0 unspecified atom stereocenters. The van der Waals surface area contributed by atoms with Crippen molar-refractivity contribution in [1.82, 2.24) is 9.29 Å². The molecule has 27 heavy (non-hydrogen) atoms. The van der Waals surface area contributed by atoms with Gasteiger partial charge in [-0.1, -0.05) is 25.2 Å². The minimum Gasteiger partial charge on any atom is -0.298 e. The van der Waals surface area contributed by atoms with Gasteiger partial charge in [-0.25, -0.2) is 17.8 Å². The maximum absolute atomic E-state index is 13.0. The van der Waals surface area contributed by atoms with Crippen molar-refractivity contribution < 1.29 is 17.6 Å². The lowest BCUT2D eigenvalue weighted by atomic mass is 10.2. The van der Waals surface area contributed by atoms with Crippen LogP contribution in [0.25, 0.3) is 10.2 Å². The summed E-state index contributed by atoms with van der Waals surface area (Å²) in [6.45, 7) is 4.35. The molecule has 3 rings (SSSR count). The monoisotopic (exact) mass is 407 g/mol. The van der Waals surface area contributed by atoms with E-state index < -0.39 is 21.7 Å². The number of sulfonamides is 1. The van der Waals surface area contributed by atoms with Crippen LogP contribution in [0.5, 0.6) is 0 Å². The summed E-state index contributed by atoms with van der Waals surface area (Å²) >= 11 is 1.18. The molecule has 0 atom stereocenters. The highest BCUT2D eigenvalue weighted by molar-refractivity contribution is 7.89. The van der Waals surface area contributed by atoms with E-state index in [0.717, 1.165) is 0 Å². The Morgan fingerprint density at radius 2 is 1.81 bits per heavy atom. The summed E-state index contributed by atoms with van der Waals surface area (Å²) in [5, 5.41) is 3.00. The minimum absolute atomic E-state index is 0.193. The van der Waals surface area contributed by atoms with Gasteiger partial charge in [0.15, 0.2) is 5.13 Å². The SMILES string of the molecule is CCN(CC)S(=O)(=O)c1ccc2nc(NC(=O)c3ccc(F)cc3)sc2c1. The van der Waals surface area contributed by atoms with Crippen molar-refractivity contribution in [2.24, 2.45) is 0 Å². The molecule has 0 fully saturated rings. The molecule has 0 spiro atoms. The molecule has 6 nitrogen and oxygen atoms in total. The van der Waals surface area contributed by atoms with Crippen LogP contribution in [0.2, 0.25) is 0 Å². The first kappa shape index (κ1) is 19.4. The van der Waals surface area contributed by atoms with E-state index >= 15 is 0 Å². The first-order valence-corrected chi connectivity index (χ1v) is 10.6. The van der Waals surface area contributed by atoms with Gasteiger partial charge in [-0.05, 0) is 42.5 Å². The van der Waals surface area contributed by atoms with Crippen molar-refractivity contribution in [1.29, 1.82) is 0 Å². The second-order valence-corrected chi connectivity index (χ2v) is 8.67. The van der Waals surface area contributed by atoms with E-state index in [1.807, 2.05) is 0 Å². The smallest absolute Gasteiger partial charge is 0.257 e. The average Bonchev–Trinajstić information content (AvgIpc) is 3.04. The molecule has 1 aromatic heterocycles. The van der Waals surface area contributed by atoms with Crippen LogP contribution in [0, 0.1) is 5.82 Å². The normalized spacial score (nSPS) is 11.9. The van der Waals surface area contributed by atoms with Crippen molar-refractivity contribution in [3.63, 3.8) is 0 Å². The summed E-state index contributed by atoms with van der Waals surface area (Å²) in [6, 6.07) is 9.87. The third-order valence-electron chi connectivity index (χ3n) is 4.03. The van der Waals surface area contributed by atoms with Gasteiger partial charge in [0.25, 0.3) is 5.91 Å². The maximum atomic E-state index is 13.0. The van der Waals surface area contributed by atoms with Crippen LogP contribution in [-0.2, 0) is 10.0 Å². The topological polar surface area (TPSA) is 79.4 Å². The molecule has 0 aliphatic rings. The number of nitrogens with zero attached hydrogens (tertiary/aromatic N) is 2. The van der Waals surface area contributed by atoms with Crippen LogP contribution in [0.3, 0.4) is 0 Å². The molecule has 2 aromatic carbocycles. The number of hydrogen-bond acceptors (Lipinski definition) is 5. The molecule has 142 valence electrons. The molecule has 3 aromatic rings. The van der Waals surface area contributed by atoms with Gasteiger partial charge >= 0.3 is 0 Å². The number of fused-ring (bicyclic) bond motifs is 1. The van der Waals surface area contributed by atoms with Crippen LogP contribution in [0.15, 0.2) is 47.4 Å². The summed E-state index contributed by atoms with van der Waals surface area (Å²) in [4.78, 5) is 16.7. The van der Waals surface area contributed by atoms with Crippen molar-refractivity contribution in [3.8, 4) is 0 Å². The number of carbonyl (C=O) groups excluding carboxylic acids is 1. The van der Waals surface area contributed by atoms with E-state index in [-0.39, 0.29) is 4.90 Å². The Morgan fingerprint density at radius 3 is 2.44 bits per heavy atom. The predicted molar refractivity (Wildman–Crippen MR) is 104 cm³/mol. The van der Waals surface area contributed by atoms with Crippen LogP contribution in [0.4, 0.5) is 9.52 Å². The van der Waals surface area contributed by atoms with E-state index in [1.165, 1.54) is 46.0 Å². The molecular formula is C18H18FN3O3S2. The van der Waals surface area contributed by atoms with Gasteiger partial charge in [0.05, 0.1) is 15.1 Å². The number of aromatic nitrogens is 1. The molecule has 0 bridgehead atoms. The zero-order valence-corrected chi connectivity index (χ0v) is 16.4. The fraction of sp³-hybridized carbons (Fsp3) is 0.222. The molecule has 9 heteroatoms. The lowest BCUT2D eigenvalue weighted by Crippen LogP contribution is -2.30. The molecule has 0 aliphatic carbocycles. The summed E-state index contributed by atoms with van der Waals surface area (Å²) < 4.78 is 40.3. The van der Waals surface area contributed by atoms with E-state index in [9.17, 15) is 17.6 Å². The number of anilines is 1. The molecule has 0 saturated heterocycles. The van der Waals surface area contributed by atoms with Gasteiger partial charge in [-0.2, -0.15) is 4.31 Å². The Bertz CT molecular complexity index is 1070. The van der Waals surface area contributed by atoms with E-state index in [0.29, 0.717) is 34.0 Å². The lowest BCUT2D eigenvalue weighted by molar-refractivity contribution is 0.102. The standard InChI is InChI=1S/C18H18FN3O3S2/c1-3-22(4-2)27(24,25)14-9-10-15-16(11-14)26-18(20-15)21-17(23)12-5-7-13(19)8-6-12/h5-11H,3-4H2,1-2H3,(H,20,21,23). The highest BCUT2D eigenvalue weighted by Crippen LogP contribution is 2.29. The molecule has 1 N–H and O–H groups in total. The quantitative estimate of drug-likeness (QED) is 0.675. The van der Waals surface area contributed by atoms with Gasteiger partial charge in [0.1, 0.15) is 5.82 Å². The third kappa shape index (κ3) is 4.00. The van der Waals surface area contributed by atoms with Crippen molar-refractivity contribution in [2.45, 2.75) is 18.7 Å². The average molecular weight is 407 g/mol. The van der Waals surface area contributed by atoms with Crippen LogP contribution < -0.4 is 5.32 Å². The largest absolute Gasteiger partial charge is 0.298 e. The van der Waals surface area contributed by atoms with E-state index in [4.69, 9.17) is 0 Å². The van der Waals surface area contributed by atoms with Gasteiger partial charge < -0.3 is 0 Å². The lowest BCUT2D eigenvalue weighted by Gasteiger charge is -2.18. The van der Waals surface area contributed by atoms with Crippen molar-refractivity contribution >= 4 is 42.6 Å².